The Hall–Kier alpha value is -1.86. The molecule has 0 bridgehead atoms. The molecule has 4 heterocycles. The second kappa shape index (κ2) is 5.10. The number of fused-ring (bicyclic) bond motifs is 1. The first kappa shape index (κ1) is 13.8. The molecule has 3 aromatic rings. The van der Waals surface area contributed by atoms with Crippen LogP contribution in [-0.2, 0) is 0 Å². The summed E-state index contributed by atoms with van der Waals surface area (Å²) in [6.45, 7) is 5.79. The summed E-state index contributed by atoms with van der Waals surface area (Å²) in [5.74, 6) is 2.59. The van der Waals surface area contributed by atoms with Gasteiger partial charge in [-0.05, 0) is 51.9 Å². The third-order valence-corrected chi connectivity index (χ3v) is 5.16. The first-order chi connectivity index (χ1) is 10.6. The first-order valence-corrected chi connectivity index (χ1v) is 8.30. The lowest BCUT2D eigenvalue weighted by atomic mass is 10.1. The topological polar surface area (TPSA) is 66.8 Å². The maximum atomic E-state index is 10.6. The van der Waals surface area contributed by atoms with Crippen LogP contribution >= 0.6 is 11.3 Å². The van der Waals surface area contributed by atoms with Gasteiger partial charge in [-0.15, -0.1) is 5.10 Å². The number of rotatable bonds is 3. The van der Waals surface area contributed by atoms with Crippen LogP contribution in [0.4, 0.5) is 0 Å². The molecule has 1 aliphatic heterocycles. The van der Waals surface area contributed by atoms with E-state index in [-0.39, 0.29) is 11.9 Å². The van der Waals surface area contributed by atoms with Gasteiger partial charge in [0.05, 0.1) is 4.88 Å². The fraction of sp³-hybridized carbons (Fsp3) is 0.467. The van der Waals surface area contributed by atoms with E-state index in [1.54, 1.807) is 0 Å². The number of thiazole rings is 1. The third-order valence-electron chi connectivity index (χ3n) is 4.09. The zero-order valence-electron chi connectivity index (χ0n) is 12.6. The summed E-state index contributed by atoms with van der Waals surface area (Å²) in [4.78, 5) is 8.29. The second-order valence-electron chi connectivity index (χ2n) is 5.74. The highest BCUT2D eigenvalue weighted by atomic mass is 32.1. The summed E-state index contributed by atoms with van der Waals surface area (Å²) >= 11 is 1.48. The average molecular weight is 318 g/mol. The van der Waals surface area contributed by atoms with Gasteiger partial charge in [0.2, 0.25) is 10.8 Å². The van der Waals surface area contributed by atoms with Crippen molar-refractivity contribution in [2.24, 2.45) is 0 Å². The second-order valence-corrected chi connectivity index (χ2v) is 6.75. The van der Waals surface area contributed by atoms with Crippen LogP contribution in [0.5, 0.6) is 5.88 Å². The Labute approximate surface area is 132 Å². The predicted octanol–water partition coefficient (Wildman–Crippen LogP) is 2.89. The molecule has 0 aliphatic carbocycles. The zero-order valence-corrected chi connectivity index (χ0v) is 13.4. The van der Waals surface area contributed by atoms with E-state index >= 15 is 0 Å². The van der Waals surface area contributed by atoms with E-state index in [4.69, 9.17) is 4.42 Å². The van der Waals surface area contributed by atoms with Crippen LogP contribution in [0.1, 0.15) is 41.1 Å². The van der Waals surface area contributed by atoms with E-state index in [0.717, 1.165) is 34.4 Å². The van der Waals surface area contributed by atoms with Gasteiger partial charge in [-0.1, -0.05) is 11.3 Å². The van der Waals surface area contributed by atoms with E-state index < -0.39 is 0 Å². The summed E-state index contributed by atoms with van der Waals surface area (Å²) < 4.78 is 7.39. The molecule has 0 unspecified atom stereocenters. The number of nitrogens with zero attached hydrogens (tertiary/aromatic N) is 4. The molecule has 1 aliphatic rings. The fourth-order valence-electron chi connectivity index (χ4n) is 3.10. The normalized spacial score (nSPS) is 17.5. The molecule has 1 atom stereocenters. The van der Waals surface area contributed by atoms with Crippen molar-refractivity contribution in [2.75, 3.05) is 13.1 Å². The van der Waals surface area contributed by atoms with Gasteiger partial charge in [0.25, 0.3) is 0 Å². The number of aromatic nitrogens is 3. The highest BCUT2D eigenvalue weighted by Crippen LogP contribution is 2.41. The van der Waals surface area contributed by atoms with Gasteiger partial charge < -0.3 is 9.52 Å². The van der Waals surface area contributed by atoms with Gasteiger partial charge in [0.1, 0.15) is 23.4 Å². The molecular formula is C15H18N4O2S. The minimum Gasteiger partial charge on any atom is -0.492 e. The molecule has 3 aromatic heterocycles. The molecule has 4 rings (SSSR count). The van der Waals surface area contributed by atoms with Crippen LogP contribution in [-0.4, -0.2) is 37.7 Å². The summed E-state index contributed by atoms with van der Waals surface area (Å²) in [5, 5.41) is 14.9. The lowest BCUT2D eigenvalue weighted by Gasteiger charge is -2.24. The molecule has 6 nitrogen and oxygen atoms in total. The minimum atomic E-state index is -0.0648. The molecule has 0 amide bonds. The van der Waals surface area contributed by atoms with Gasteiger partial charge in [0, 0.05) is 0 Å². The van der Waals surface area contributed by atoms with Gasteiger partial charge in [0.15, 0.2) is 0 Å². The van der Waals surface area contributed by atoms with Crippen molar-refractivity contribution in [3.8, 4) is 5.88 Å². The van der Waals surface area contributed by atoms with Crippen LogP contribution in [0, 0.1) is 13.8 Å². The lowest BCUT2D eigenvalue weighted by Crippen LogP contribution is -2.25. The van der Waals surface area contributed by atoms with Crippen molar-refractivity contribution in [1.82, 2.24) is 19.5 Å². The van der Waals surface area contributed by atoms with Crippen molar-refractivity contribution in [1.29, 1.82) is 0 Å². The summed E-state index contributed by atoms with van der Waals surface area (Å²) in [6.07, 6.45) is 2.35. The molecule has 0 saturated carbocycles. The number of hydrogen-bond donors (Lipinski definition) is 1. The highest BCUT2D eigenvalue weighted by molar-refractivity contribution is 7.17. The quantitative estimate of drug-likeness (QED) is 0.804. The van der Waals surface area contributed by atoms with Gasteiger partial charge >= 0.3 is 0 Å². The predicted molar refractivity (Wildman–Crippen MR) is 83.4 cm³/mol. The average Bonchev–Trinajstić information content (AvgIpc) is 3.22. The SMILES string of the molecule is Cc1nc2sc([C@H](c3ccc(C)o3)N3CCCC3)c(O)n2n1. The van der Waals surface area contributed by atoms with Crippen molar-refractivity contribution >= 4 is 16.3 Å². The van der Waals surface area contributed by atoms with Crippen LogP contribution in [0.2, 0.25) is 0 Å². The number of hydrogen-bond acceptors (Lipinski definition) is 6. The zero-order chi connectivity index (χ0) is 15.3. The van der Waals surface area contributed by atoms with Gasteiger partial charge in [-0.3, -0.25) is 4.90 Å². The Kier molecular flexibility index (Phi) is 3.19. The van der Waals surface area contributed by atoms with Gasteiger partial charge in [-0.25, -0.2) is 4.98 Å². The lowest BCUT2D eigenvalue weighted by molar-refractivity contribution is 0.244. The number of aromatic hydroxyl groups is 1. The van der Waals surface area contributed by atoms with Crippen molar-refractivity contribution in [2.45, 2.75) is 32.7 Å². The molecule has 0 radical (unpaired) electrons. The Morgan fingerprint density at radius 3 is 2.68 bits per heavy atom. The van der Waals surface area contributed by atoms with Crippen LogP contribution in [0.15, 0.2) is 16.5 Å². The monoisotopic (exact) mass is 318 g/mol. The maximum Gasteiger partial charge on any atom is 0.230 e. The Morgan fingerprint density at radius 1 is 1.27 bits per heavy atom. The molecule has 1 fully saturated rings. The maximum absolute atomic E-state index is 10.6. The van der Waals surface area contributed by atoms with Gasteiger partial charge in [-0.2, -0.15) is 4.52 Å². The van der Waals surface area contributed by atoms with E-state index in [2.05, 4.69) is 15.0 Å². The molecular weight excluding hydrogens is 300 g/mol. The molecule has 1 N–H and O–H groups in total. The van der Waals surface area contributed by atoms with Crippen LogP contribution in [0.25, 0.3) is 4.96 Å². The summed E-state index contributed by atoms with van der Waals surface area (Å²) in [6, 6.07) is 3.90. The molecule has 0 spiro atoms. The summed E-state index contributed by atoms with van der Waals surface area (Å²) in [5.41, 5.74) is 0. The number of aryl methyl sites for hydroxylation is 2. The fourth-order valence-corrected chi connectivity index (χ4v) is 4.24. The van der Waals surface area contributed by atoms with Crippen LogP contribution in [0.3, 0.4) is 0 Å². The Balaban J connectivity index is 1.84. The largest absolute Gasteiger partial charge is 0.492 e. The van der Waals surface area contributed by atoms with Crippen molar-refractivity contribution < 1.29 is 9.52 Å². The molecule has 116 valence electrons. The number of likely N-dealkylation sites (tertiary alicyclic amines) is 1. The molecule has 0 aromatic carbocycles. The van der Waals surface area contributed by atoms with E-state index in [9.17, 15) is 5.11 Å². The summed E-state index contributed by atoms with van der Waals surface area (Å²) in [7, 11) is 0. The first-order valence-electron chi connectivity index (χ1n) is 7.49. The molecule has 22 heavy (non-hydrogen) atoms. The van der Waals surface area contributed by atoms with Crippen LogP contribution < -0.4 is 0 Å². The third kappa shape index (κ3) is 2.12. The van der Waals surface area contributed by atoms with E-state index in [0.29, 0.717) is 5.82 Å². The van der Waals surface area contributed by atoms with Crippen molar-refractivity contribution in [3.63, 3.8) is 0 Å². The minimum absolute atomic E-state index is 0.0648. The van der Waals surface area contributed by atoms with E-state index in [1.165, 1.54) is 28.7 Å². The standard InChI is InChI=1S/C15H18N4O2S/c1-9-5-6-11(21-9)12(18-7-3-4-8-18)13-14(20)19-15(22-13)16-10(2)17-19/h5-6,12,20H,3-4,7-8H2,1-2H3/t12-/m0/s1. The molecule has 1 saturated heterocycles. The van der Waals surface area contributed by atoms with Crippen molar-refractivity contribution in [3.05, 3.63) is 34.4 Å². The number of furan rings is 1. The molecule has 7 heteroatoms. The Morgan fingerprint density at radius 2 is 2.05 bits per heavy atom. The Bertz CT molecular complexity index is 813. The van der Waals surface area contributed by atoms with E-state index in [1.807, 2.05) is 26.0 Å². The highest BCUT2D eigenvalue weighted by Gasteiger charge is 2.32. The smallest absolute Gasteiger partial charge is 0.230 e.